The lowest BCUT2D eigenvalue weighted by molar-refractivity contribution is 0.732. The van der Waals surface area contributed by atoms with Crippen LogP contribution in [-0.2, 0) is 0 Å². The zero-order valence-corrected chi connectivity index (χ0v) is 9.43. The molecule has 0 aliphatic rings. The summed E-state index contributed by atoms with van der Waals surface area (Å²) in [6.45, 7) is 0. The maximum absolute atomic E-state index is 8.84. The Balaban J connectivity index is 2.54. The maximum atomic E-state index is 8.84. The van der Waals surface area contributed by atoms with Crippen LogP contribution in [0.5, 0.6) is 0 Å². The largest absolute Gasteiger partial charge is 0.198 e. The smallest absolute Gasteiger partial charge is 0.0628 e. The molecule has 2 aromatic carbocycles. The van der Waals surface area contributed by atoms with Gasteiger partial charge in [-0.25, -0.2) is 0 Å². The van der Waals surface area contributed by atoms with Gasteiger partial charge in [0, 0.05) is 18.8 Å². The van der Waals surface area contributed by atoms with Crippen LogP contribution in [0.2, 0.25) is 0 Å². The fourth-order valence-corrected chi connectivity index (χ4v) is 2.12. The normalized spacial score (nSPS) is 10.1. The summed E-state index contributed by atoms with van der Waals surface area (Å²) in [5, 5.41) is 20.0. The van der Waals surface area contributed by atoms with E-state index in [1.165, 1.54) is 0 Å². The molecule has 2 aromatic rings. The molecule has 0 bridgehead atoms. The van der Waals surface area contributed by atoms with Gasteiger partial charge in [-0.1, -0.05) is 42.5 Å². The summed E-state index contributed by atoms with van der Waals surface area (Å²) in [6, 6.07) is 18.5. The molecule has 0 fully saturated rings. The summed E-state index contributed by atoms with van der Waals surface area (Å²) in [7, 11) is 0. The third kappa shape index (κ3) is 2.27. The highest BCUT2D eigenvalue weighted by molar-refractivity contribution is 5.86. The van der Waals surface area contributed by atoms with Gasteiger partial charge >= 0.3 is 0 Å². The molecule has 2 nitrogen and oxygen atoms in total. The SMILES string of the molecule is N#CCC(CC#N)c1cccc2ccccc12. The van der Waals surface area contributed by atoms with E-state index in [4.69, 9.17) is 10.5 Å². The number of fused-ring (bicyclic) bond motifs is 1. The van der Waals surface area contributed by atoms with Crippen molar-refractivity contribution in [1.82, 2.24) is 0 Å². The Morgan fingerprint density at radius 2 is 1.53 bits per heavy atom. The number of rotatable bonds is 3. The highest BCUT2D eigenvalue weighted by atomic mass is 14.3. The van der Waals surface area contributed by atoms with Crippen molar-refractivity contribution < 1.29 is 0 Å². The molecule has 17 heavy (non-hydrogen) atoms. The fourth-order valence-electron chi connectivity index (χ4n) is 2.12. The standard InChI is InChI=1S/C15H12N2/c16-10-8-13(9-11-17)15-7-3-5-12-4-1-2-6-14(12)15/h1-7,13H,8-9H2. The van der Waals surface area contributed by atoms with Gasteiger partial charge in [0.25, 0.3) is 0 Å². The van der Waals surface area contributed by atoms with E-state index in [0.717, 1.165) is 16.3 Å². The van der Waals surface area contributed by atoms with Crippen molar-refractivity contribution in [2.45, 2.75) is 18.8 Å². The van der Waals surface area contributed by atoms with E-state index in [2.05, 4.69) is 24.3 Å². The van der Waals surface area contributed by atoms with Gasteiger partial charge in [-0.2, -0.15) is 10.5 Å². The zero-order chi connectivity index (χ0) is 12.1. The molecule has 0 amide bonds. The Hall–Kier alpha value is -2.32. The van der Waals surface area contributed by atoms with Crippen LogP contribution < -0.4 is 0 Å². The van der Waals surface area contributed by atoms with Gasteiger partial charge in [-0.15, -0.1) is 0 Å². The Morgan fingerprint density at radius 3 is 2.24 bits per heavy atom. The first-order valence-corrected chi connectivity index (χ1v) is 5.58. The Morgan fingerprint density at radius 1 is 0.882 bits per heavy atom. The van der Waals surface area contributed by atoms with E-state index in [9.17, 15) is 0 Å². The molecule has 82 valence electrons. The summed E-state index contributed by atoms with van der Waals surface area (Å²) in [5.41, 5.74) is 1.10. The Kier molecular flexibility index (Phi) is 3.38. The first kappa shape index (κ1) is 11.2. The van der Waals surface area contributed by atoms with Crippen LogP contribution in [-0.4, -0.2) is 0 Å². The minimum Gasteiger partial charge on any atom is -0.198 e. The average Bonchev–Trinajstić information content (AvgIpc) is 2.38. The molecule has 0 unspecified atom stereocenters. The lowest BCUT2D eigenvalue weighted by Crippen LogP contribution is -1.97. The second-order valence-electron chi connectivity index (χ2n) is 3.99. The molecular weight excluding hydrogens is 208 g/mol. The van der Waals surface area contributed by atoms with E-state index in [-0.39, 0.29) is 5.92 Å². The lowest BCUT2D eigenvalue weighted by Gasteiger charge is -2.13. The highest BCUT2D eigenvalue weighted by Crippen LogP contribution is 2.29. The molecule has 0 aromatic heterocycles. The van der Waals surface area contributed by atoms with Crippen molar-refractivity contribution in [3.63, 3.8) is 0 Å². The molecule has 0 heterocycles. The lowest BCUT2D eigenvalue weighted by atomic mass is 9.89. The van der Waals surface area contributed by atoms with E-state index < -0.39 is 0 Å². The first-order valence-electron chi connectivity index (χ1n) is 5.58. The molecule has 0 spiro atoms. The predicted molar refractivity (Wildman–Crippen MR) is 67.1 cm³/mol. The molecule has 0 atom stereocenters. The monoisotopic (exact) mass is 220 g/mol. The number of nitrogens with zero attached hydrogens (tertiary/aromatic N) is 2. The topological polar surface area (TPSA) is 47.6 Å². The van der Waals surface area contributed by atoms with Crippen LogP contribution in [0.15, 0.2) is 42.5 Å². The summed E-state index contributed by atoms with van der Waals surface area (Å²) in [6.07, 6.45) is 0.781. The molecule has 0 N–H and O–H groups in total. The third-order valence-electron chi connectivity index (χ3n) is 2.94. The molecule has 0 saturated heterocycles. The van der Waals surface area contributed by atoms with Crippen LogP contribution in [0.1, 0.15) is 24.3 Å². The quantitative estimate of drug-likeness (QED) is 0.790. The minimum absolute atomic E-state index is 0.0103. The second-order valence-corrected chi connectivity index (χ2v) is 3.99. The molecule has 2 heteroatoms. The van der Waals surface area contributed by atoms with Gasteiger partial charge in [0.05, 0.1) is 12.1 Å². The van der Waals surface area contributed by atoms with Crippen molar-refractivity contribution >= 4 is 10.8 Å². The number of nitriles is 2. The highest BCUT2D eigenvalue weighted by Gasteiger charge is 2.13. The van der Waals surface area contributed by atoms with Crippen LogP contribution in [0.25, 0.3) is 10.8 Å². The van der Waals surface area contributed by atoms with Crippen molar-refractivity contribution in [3.05, 3.63) is 48.0 Å². The van der Waals surface area contributed by atoms with Gasteiger partial charge in [0.2, 0.25) is 0 Å². The van der Waals surface area contributed by atoms with E-state index >= 15 is 0 Å². The van der Waals surface area contributed by atoms with E-state index in [1.54, 1.807) is 0 Å². The second kappa shape index (κ2) is 5.14. The van der Waals surface area contributed by atoms with E-state index in [1.807, 2.05) is 30.3 Å². The number of benzene rings is 2. The molecule has 0 aliphatic carbocycles. The van der Waals surface area contributed by atoms with E-state index in [0.29, 0.717) is 12.8 Å². The van der Waals surface area contributed by atoms with Crippen molar-refractivity contribution in [2.24, 2.45) is 0 Å². The zero-order valence-electron chi connectivity index (χ0n) is 9.43. The first-order chi connectivity index (χ1) is 8.36. The predicted octanol–water partition coefficient (Wildman–Crippen LogP) is 3.75. The fraction of sp³-hybridized carbons (Fsp3) is 0.200. The molecule has 0 saturated carbocycles. The molecular formula is C15H12N2. The van der Waals surface area contributed by atoms with Crippen LogP contribution >= 0.6 is 0 Å². The van der Waals surface area contributed by atoms with Gasteiger partial charge in [0.15, 0.2) is 0 Å². The van der Waals surface area contributed by atoms with Crippen molar-refractivity contribution in [3.8, 4) is 12.1 Å². The minimum atomic E-state index is 0.0103. The Labute approximate surface area is 101 Å². The molecule has 0 radical (unpaired) electrons. The third-order valence-corrected chi connectivity index (χ3v) is 2.94. The van der Waals surface area contributed by atoms with Gasteiger partial charge in [0.1, 0.15) is 0 Å². The summed E-state index contributed by atoms with van der Waals surface area (Å²) < 4.78 is 0. The molecule has 0 aliphatic heterocycles. The average molecular weight is 220 g/mol. The van der Waals surface area contributed by atoms with Crippen LogP contribution in [0.4, 0.5) is 0 Å². The Bertz CT molecular complexity index is 581. The van der Waals surface area contributed by atoms with Gasteiger partial charge in [-0.3, -0.25) is 0 Å². The van der Waals surface area contributed by atoms with Crippen LogP contribution in [0, 0.1) is 22.7 Å². The summed E-state index contributed by atoms with van der Waals surface area (Å²) in [5.74, 6) is 0.0103. The summed E-state index contributed by atoms with van der Waals surface area (Å²) in [4.78, 5) is 0. The molecule has 2 rings (SSSR count). The number of hydrogen-bond donors (Lipinski definition) is 0. The van der Waals surface area contributed by atoms with Gasteiger partial charge < -0.3 is 0 Å². The van der Waals surface area contributed by atoms with Crippen molar-refractivity contribution in [2.75, 3.05) is 0 Å². The summed E-state index contributed by atoms with van der Waals surface area (Å²) >= 11 is 0. The van der Waals surface area contributed by atoms with Crippen LogP contribution in [0.3, 0.4) is 0 Å². The maximum Gasteiger partial charge on any atom is 0.0628 e. The van der Waals surface area contributed by atoms with Gasteiger partial charge in [-0.05, 0) is 16.3 Å². The van der Waals surface area contributed by atoms with Crippen molar-refractivity contribution in [1.29, 1.82) is 10.5 Å². The number of hydrogen-bond acceptors (Lipinski definition) is 2.